The molecule has 2 aromatic carbocycles. The minimum atomic E-state index is -2.52. The number of thioether (sulfide) groups is 1. The summed E-state index contributed by atoms with van der Waals surface area (Å²) in [4.78, 5) is 0.635. The largest absolute Gasteiger partial charge is 0.496 e. The van der Waals surface area contributed by atoms with E-state index in [1.165, 1.54) is 36.0 Å². The monoisotopic (exact) mass is 358 g/mol. The topological polar surface area (TPSA) is 38.5 Å². The van der Waals surface area contributed by atoms with E-state index < -0.39 is 6.43 Å². The zero-order valence-corrected chi connectivity index (χ0v) is 14.3. The molecule has 23 heavy (non-hydrogen) atoms. The number of nitrogens with two attached hydrogens (primary N) is 1. The van der Waals surface area contributed by atoms with E-state index in [0.29, 0.717) is 21.4 Å². The minimum Gasteiger partial charge on any atom is -0.496 e. The third-order valence-corrected chi connectivity index (χ3v) is 4.70. The summed E-state index contributed by atoms with van der Waals surface area (Å²) in [6.45, 7) is 0. The highest BCUT2D eigenvalue weighted by molar-refractivity contribution is 7.98. The molecule has 0 saturated heterocycles. The van der Waals surface area contributed by atoms with Crippen LogP contribution in [0.4, 0.5) is 14.5 Å². The standard InChI is InChI=1S/C16H17ClF2N2OS/c1-21(20)13-5-3-4-12(17)11(13)9-23-15-8-10(16(18)19)6-7-14(15)22-2/h3-8,16H,9,20H2,1-2H3. The van der Waals surface area contributed by atoms with Crippen molar-refractivity contribution in [2.24, 2.45) is 5.84 Å². The van der Waals surface area contributed by atoms with E-state index in [4.69, 9.17) is 22.2 Å². The molecule has 2 aromatic rings. The van der Waals surface area contributed by atoms with Gasteiger partial charge in [0, 0.05) is 29.0 Å². The fourth-order valence-corrected chi connectivity index (χ4v) is 3.54. The fraction of sp³-hybridized carbons (Fsp3) is 0.250. The Labute approximate surface area is 143 Å². The Hall–Kier alpha value is -1.50. The molecule has 0 spiro atoms. The Kier molecular flexibility index (Phi) is 6.10. The van der Waals surface area contributed by atoms with Crippen LogP contribution in [0.2, 0.25) is 5.02 Å². The average molecular weight is 359 g/mol. The highest BCUT2D eigenvalue weighted by atomic mass is 35.5. The third-order valence-electron chi connectivity index (χ3n) is 3.29. The Morgan fingerprint density at radius 1 is 1.30 bits per heavy atom. The Morgan fingerprint density at radius 2 is 2.04 bits per heavy atom. The summed E-state index contributed by atoms with van der Waals surface area (Å²) in [5.41, 5.74) is 1.59. The number of hydrogen-bond donors (Lipinski definition) is 1. The molecule has 7 heteroatoms. The van der Waals surface area contributed by atoms with Crippen LogP contribution in [0.5, 0.6) is 5.75 Å². The zero-order chi connectivity index (χ0) is 17.0. The Morgan fingerprint density at radius 3 is 2.65 bits per heavy atom. The second-order valence-electron chi connectivity index (χ2n) is 4.85. The number of hydrazine groups is 1. The number of nitrogens with zero attached hydrogens (tertiary/aromatic N) is 1. The van der Waals surface area contributed by atoms with Crippen LogP contribution < -0.4 is 15.6 Å². The Bertz CT molecular complexity index is 683. The molecular weight excluding hydrogens is 342 g/mol. The predicted octanol–water partition coefficient (Wildman–Crippen LogP) is 4.89. The quantitative estimate of drug-likeness (QED) is 0.453. The van der Waals surface area contributed by atoms with Gasteiger partial charge in [0.15, 0.2) is 0 Å². The number of hydrogen-bond acceptors (Lipinski definition) is 4. The molecule has 0 saturated carbocycles. The molecule has 0 amide bonds. The molecule has 0 aliphatic heterocycles. The summed E-state index contributed by atoms with van der Waals surface area (Å²) in [5, 5.41) is 2.06. The SMILES string of the molecule is COc1ccc(C(F)F)cc1SCc1c(Cl)cccc1N(C)N. The van der Waals surface area contributed by atoms with E-state index in [1.807, 2.05) is 12.1 Å². The van der Waals surface area contributed by atoms with E-state index in [2.05, 4.69) is 0 Å². The minimum absolute atomic E-state index is 0.0383. The number of benzene rings is 2. The van der Waals surface area contributed by atoms with Gasteiger partial charge in [0.25, 0.3) is 6.43 Å². The number of rotatable bonds is 6. The van der Waals surface area contributed by atoms with Gasteiger partial charge in [0.1, 0.15) is 5.75 Å². The molecule has 0 fully saturated rings. The zero-order valence-electron chi connectivity index (χ0n) is 12.7. The lowest BCUT2D eigenvalue weighted by atomic mass is 10.2. The molecule has 0 unspecified atom stereocenters. The molecule has 124 valence electrons. The van der Waals surface area contributed by atoms with Gasteiger partial charge >= 0.3 is 0 Å². The molecule has 0 bridgehead atoms. The molecule has 0 heterocycles. The number of methoxy groups -OCH3 is 1. The summed E-state index contributed by atoms with van der Waals surface area (Å²) in [6.07, 6.45) is -2.52. The van der Waals surface area contributed by atoms with Crippen molar-refractivity contribution in [2.75, 3.05) is 19.2 Å². The first kappa shape index (κ1) is 17.8. The molecule has 0 aliphatic carbocycles. The number of alkyl halides is 2. The van der Waals surface area contributed by atoms with Crippen LogP contribution in [0.1, 0.15) is 17.6 Å². The van der Waals surface area contributed by atoms with Crippen LogP contribution in [0.25, 0.3) is 0 Å². The van der Waals surface area contributed by atoms with Crippen molar-refractivity contribution >= 4 is 29.1 Å². The molecule has 2 N–H and O–H groups in total. The number of halogens is 3. The lowest BCUT2D eigenvalue weighted by molar-refractivity contribution is 0.151. The van der Waals surface area contributed by atoms with Crippen molar-refractivity contribution in [1.29, 1.82) is 0 Å². The predicted molar refractivity (Wildman–Crippen MR) is 91.6 cm³/mol. The van der Waals surface area contributed by atoms with Gasteiger partial charge in [0.05, 0.1) is 17.7 Å². The lowest BCUT2D eigenvalue weighted by Gasteiger charge is -2.18. The highest BCUT2D eigenvalue weighted by Gasteiger charge is 2.14. The normalized spacial score (nSPS) is 10.9. The highest BCUT2D eigenvalue weighted by Crippen LogP contribution is 2.38. The maximum atomic E-state index is 12.9. The fourth-order valence-electron chi connectivity index (χ4n) is 2.11. The van der Waals surface area contributed by atoms with Crippen molar-refractivity contribution in [3.05, 3.63) is 52.5 Å². The van der Waals surface area contributed by atoms with Gasteiger partial charge in [-0.05, 0) is 30.3 Å². The van der Waals surface area contributed by atoms with E-state index in [9.17, 15) is 8.78 Å². The molecule has 0 atom stereocenters. The summed E-state index contributed by atoms with van der Waals surface area (Å²) < 4.78 is 31.0. The van der Waals surface area contributed by atoms with Crippen molar-refractivity contribution in [2.45, 2.75) is 17.1 Å². The molecule has 0 aromatic heterocycles. The lowest BCUT2D eigenvalue weighted by Crippen LogP contribution is -2.26. The first-order chi connectivity index (χ1) is 10.9. The molecule has 3 nitrogen and oxygen atoms in total. The van der Waals surface area contributed by atoms with Crippen LogP contribution in [0.3, 0.4) is 0 Å². The van der Waals surface area contributed by atoms with Crippen LogP contribution in [-0.4, -0.2) is 14.2 Å². The van der Waals surface area contributed by atoms with E-state index in [0.717, 1.165) is 11.3 Å². The van der Waals surface area contributed by atoms with E-state index in [-0.39, 0.29) is 5.56 Å². The smallest absolute Gasteiger partial charge is 0.263 e. The van der Waals surface area contributed by atoms with Gasteiger partial charge in [-0.15, -0.1) is 11.8 Å². The van der Waals surface area contributed by atoms with Gasteiger partial charge in [-0.25, -0.2) is 14.6 Å². The summed E-state index contributed by atoms with van der Waals surface area (Å²) in [7, 11) is 3.23. The van der Waals surface area contributed by atoms with Crippen LogP contribution in [0.15, 0.2) is 41.3 Å². The molecule has 2 rings (SSSR count). The van der Waals surface area contributed by atoms with E-state index in [1.54, 1.807) is 19.2 Å². The van der Waals surface area contributed by atoms with Gasteiger partial charge in [-0.2, -0.15) is 0 Å². The van der Waals surface area contributed by atoms with Crippen LogP contribution in [0, 0.1) is 0 Å². The van der Waals surface area contributed by atoms with Crippen molar-refractivity contribution in [1.82, 2.24) is 0 Å². The summed E-state index contributed by atoms with van der Waals surface area (Å²) in [6, 6.07) is 9.80. The van der Waals surface area contributed by atoms with Gasteiger partial charge in [-0.1, -0.05) is 17.7 Å². The third kappa shape index (κ3) is 4.28. The second kappa shape index (κ2) is 7.86. The molecule has 0 radical (unpaired) electrons. The van der Waals surface area contributed by atoms with Gasteiger partial charge < -0.3 is 9.75 Å². The number of anilines is 1. The van der Waals surface area contributed by atoms with Gasteiger partial charge in [0.2, 0.25) is 0 Å². The van der Waals surface area contributed by atoms with Crippen LogP contribution >= 0.6 is 23.4 Å². The second-order valence-corrected chi connectivity index (χ2v) is 6.27. The van der Waals surface area contributed by atoms with Gasteiger partial charge in [-0.3, -0.25) is 0 Å². The maximum Gasteiger partial charge on any atom is 0.263 e. The summed E-state index contributed by atoms with van der Waals surface area (Å²) in [5.74, 6) is 6.85. The first-order valence-corrected chi connectivity index (χ1v) is 8.15. The summed E-state index contributed by atoms with van der Waals surface area (Å²) >= 11 is 7.63. The van der Waals surface area contributed by atoms with Crippen molar-refractivity contribution in [3.8, 4) is 5.75 Å². The molecular formula is C16H17ClF2N2OS. The average Bonchev–Trinajstić information content (AvgIpc) is 2.52. The van der Waals surface area contributed by atoms with Crippen molar-refractivity contribution < 1.29 is 13.5 Å². The number of ether oxygens (including phenoxy) is 1. The van der Waals surface area contributed by atoms with E-state index >= 15 is 0 Å². The molecule has 0 aliphatic rings. The van der Waals surface area contributed by atoms with Crippen molar-refractivity contribution in [3.63, 3.8) is 0 Å². The Balaban J connectivity index is 2.29. The van der Waals surface area contributed by atoms with Crippen LogP contribution in [-0.2, 0) is 5.75 Å². The maximum absolute atomic E-state index is 12.9. The first-order valence-electron chi connectivity index (χ1n) is 6.78.